The largest absolute Gasteiger partial charge is 0.359 e. The van der Waals surface area contributed by atoms with Gasteiger partial charge in [0, 0.05) is 51.9 Å². The second kappa shape index (κ2) is 10.5. The predicted octanol–water partition coefficient (Wildman–Crippen LogP) is 1.74. The van der Waals surface area contributed by atoms with Gasteiger partial charge in [-0.3, -0.25) is 0 Å². The molecule has 1 fully saturated rings. The molecule has 7 nitrogen and oxygen atoms in total. The van der Waals surface area contributed by atoms with Crippen LogP contribution in [0.4, 0.5) is 0 Å². The van der Waals surface area contributed by atoms with Gasteiger partial charge in [0.1, 0.15) is 6.54 Å². The highest BCUT2D eigenvalue weighted by Gasteiger charge is 2.16. The van der Waals surface area contributed by atoms with Gasteiger partial charge in [-0.25, -0.2) is 4.99 Å². The number of piperazine rings is 1. The van der Waals surface area contributed by atoms with Gasteiger partial charge >= 0.3 is 0 Å². The molecule has 26 heavy (non-hydrogen) atoms. The highest BCUT2D eigenvalue weighted by Crippen LogP contribution is 2.14. The van der Waals surface area contributed by atoms with E-state index in [4.69, 9.17) is 4.52 Å². The maximum atomic E-state index is 5.37. The highest BCUT2D eigenvalue weighted by molar-refractivity contribution is 5.79. The highest BCUT2D eigenvalue weighted by atomic mass is 16.5. The van der Waals surface area contributed by atoms with Crippen molar-refractivity contribution in [3.63, 3.8) is 0 Å². The van der Waals surface area contributed by atoms with Crippen molar-refractivity contribution in [2.24, 2.45) is 10.9 Å². The molecule has 1 aromatic rings. The molecular formula is C19H36N6O. The summed E-state index contributed by atoms with van der Waals surface area (Å²) in [7, 11) is 2.19. The van der Waals surface area contributed by atoms with Crippen LogP contribution < -0.4 is 10.6 Å². The summed E-state index contributed by atoms with van der Waals surface area (Å²) in [6.45, 7) is 16.6. The summed E-state index contributed by atoms with van der Waals surface area (Å²) in [6.07, 6.45) is 0. The molecule has 1 aliphatic rings. The van der Waals surface area contributed by atoms with E-state index in [-0.39, 0.29) is 0 Å². The first-order chi connectivity index (χ1) is 12.5. The molecule has 7 heteroatoms. The van der Waals surface area contributed by atoms with Gasteiger partial charge in [0.2, 0.25) is 0 Å². The fourth-order valence-corrected chi connectivity index (χ4v) is 2.98. The minimum atomic E-state index is 0.373. The zero-order valence-corrected chi connectivity index (χ0v) is 17.1. The molecule has 0 spiro atoms. The Balaban J connectivity index is 1.78. The Morgan fingerprint density at radius 1 is 1.23 bits per heavy atom. The normalized spacial score (nSPS) is 18.3. The lowest BCUT2D eigenvalue weighted by atomic mass is 10.1. The molecule has 2 heterocycles. The average Bonchev–Trinajstić information content (AvgIpc) is 3.09. The van der Waals surface area contributed by atoms with Crippen molar-refractivity contribution in [3.8, 4) is 0 Å². The topological polar surface area (TPSA) is 68.9 Å². The summed E-state index contributed by atoms with van der Waals surface area (Å²) in [5, 5.41) is 10.9. The van der Waals surface area contributed by atoms with Gasteiger partial charge in [-0.1, -0.05) is 25.9 Å². The Labute approximate surface area is 158 Å². The third-order valence-electron chi connectivity index (χ3n) is 4.69. The lowest BCUT2D eigenvalue weighted by Crippen LogP contribution is -2.47. The van der Waals surface area contributed by atoms with Crippen LogP contribution in [0, 0.1) is 5.92 Å². The predicted molar refractivity (Wildman–Crippen MR) is 107 cm³/mol. The summed E-state index contributed by atoms with van der Waals surface area (Å²) >= 11 is 0. The summed E-state index contributed by atoms with van der Waals surface area (Å²) in [6, 6.07) is 1.99. The maximum absolute atomic E-state index is 5.37. The summed E-state index contributed by atoms with van der Waals surface area (Å²) in [5.41, 5.74) is 0.981. The van der Waals surface area contributed by atoms with Gasteiger partial charge in [0.05, 0.1) is 5.69 Å². The minimum absolute atomic E-state index is 0.373. The van der Waals surface area contributed by atoms with Crippen LogP contribution in [0.1, 0.15) is 45.1 Å². The molecule has 1 aromatic heterocycles. The Hall–Kier alpha value is -1.60. The Bertz CT molecular complexity index is 548. The third-order valence-corrected chi connectivity index (χ3v) is 4.69. The number of hydrogen-bond donors (Lipinski definition) is 2. The van der Waals surface area contributed by atoms with Crippen LogP contribution in [0.25, 0.3) is 0 Å². The number of likely N-dealkylation sites (N-methyl/N-ethyl adjacent to an activating group) is 1. The Morgan fingerprint density at radius 2 is 1.96 bits per heavy atom. The molecule has 148 valence electrons. The van der Waals surface area contributed by atoms with E-state index >= 15 is 0 Å². The molecule has 0 aliphatic carbocycles. The summed E-state index contributed by atoms with van der Waals surface area (Å²) in [5.74, 6) is 2.58. The first-order valence-corrected chi connectivity index (χ1v) is 9.86. The lowest BCUT2D eigenvalue weighted by molar-refractivity contribution is 0.139. The van der Waals surface area contributed by atoms with E-state index in [9.17, 15) is 0 Å². The Kier molecular flexibility index (Phi) is 8.38. The minimum Gasteiger partial charge on any atom is -0.359 e. The first-order valence-electron chi connectivity index (χ1n) is 9.86. The van der Waals surface area contributed by atoms with Crippen molar-refractivity contribution >= 4 is 5.96 Å². The lowest BCUT2D eigenvalue weighted by Gasteiger charge is -2.34. The van der Waals surface area contributed by atoms with Crippen molar-refractivity contribution in [2.45, 2.75) is 40.2 Å². The smallest absolute Gasteiger partial charge is 0.191 e. The van der Waals surface area contributed by atoms with Gasteiger partial charge < -0.3 is 25.0 Å². The first kappa shape index (κ1) is 20.7. The number of guanidine groups is 1. The van der Waals surface area contributed by atoms with Gasteiger partial charge in [-0.15, -0.1) is 0 Å². The van der Waals surface area contributed by atoms with Crippen molar-refractivity contribution < 1.29 is 4.52 Å². The Morgan fingerprint density at radius 3 is 2.58 bits per heavy atom. The second-order valence-corrected chi connectivity index (χ2v) is 7.66. The number of aliphatic imine (C=N–C) groups is 1. The van der Waals surface area contributed by atoms with E-state index in [0.717, 1.165) is 37.0 Å². The van der Waals surface area contributed by atoms with Gasteiger partial charge in [0.15, 0.2) is 11.7 Å². The van der Waals surface area contributed by atoms with Crippen molar-refractivity contribution in [2.75, 3.05) is 52.9 Å². The second-order valence-electron chi connectivity index (χ2n) is 7.66. The standard InChI is InChI=1S/C19H36N6O/c1-6-20-19(22-13-17-11-18(15(2)3)23-26-17)21-12-16(4)14-25-9-7-24(5)8-10-25/h11,15-16H,6-10,12-14H2,1-5H3,(H2,20,21,22). The maximum Gasteiger partial charge on any atom is 0.191 e. The van der Waals surface area contributed by atoms with Crippen LogP contribution in [0.15, 0.2) is 15.6 Å². The van der Waals surface area contributed by atoms with Gasteiger partial charge in [-0.05, 0) is 25.8 Å². The van der Waals surface area contributed by atoms with Crippen LogP contribution in [0.2, 0.25) is 0 Å². The number of rotatable bonds is 8. The fourth-order valence-electron chi connectivity index (χ4n) is 2.98. The molecule has 0 radical (unpaired) electrons. The van der Waals surface area contributed by atoms with E-state index < -0.39 is 0 Å². The molecule has 1 saturated heterocycles. The molecule has 1 unspecified atom stereocenters. The number of nitrogens with zero attached hydrogens (tertiary/aromatic N) is 4. The quantitative estimate of drug-likeness (QED) is 0.541. The monoisotopic (exact) mass is 364 g/mol. The molecule has 0 amide bonds. The van der Waals surface area contributed by atoms with Crippen LogP contribution in [0.3, 0.4) is 0 Å². The van der Waals surface area contributed by atoms with Crippen LogP contribution in [-0.4, -0.2) is 73.8 Å². The molecule has 0 aromatic carbocycles. The summed E-state index contributed by atoms with van der Waals surface area (Å²) < 4.78 is 5.37. The van der Waals surface area contributed by atoms with Crippen molar-refractivity contribution in [1.82, 2.24) is 25.6 Å². The van der Waals surface area contributed by atoms with Crippen LogP contribution in [0.5, 0.6) is 0 Å². The van der Waals surface area contributed by atoms with Crippen molar-refractivity contribution in [3.05, 3.63) is 17.5 Å². The number of aromatic nitrogens is 1. The van der Waals surface area contributed by atoms with E-state index in [0.29, 0.717) is 18.4 Å². The van der Waals surface area contributed by atoms with Gasteiger partial charge in [-0.2, -0.15) is 0 Å². The molecule has 2 rings (SSSR count). The molecular weight excluding hydrogens is 328 g/mol. The molecule has 0 saturated carbocycles. The zero-order valence-electron chi connectivity index (χ0n) is 17.1. The van der Waals surface area contributed by atoms with E-state index in [1.54, 1.807) is 0 Å². The molecule has 1 atom stereocenters. The van der Waals surface area contributed by atoms with Crippen LogP contribution >= 0.6 is 0 Å². The average molecular weight is 365 g/mol. The molecule has 1 aliphatic heterocycles. The van der Waals surface area contributed by atoms with Crippen LogP contribution in [-0.2, 0) is 6.54 Å². The van der Waals surface area contributed by atoms with Gasteiger partial charge in [0.25, 0.3) is 0 Å². The SMILES string of the molecule is CCNC(=NCc1cc(C(C)C)no1)NCC(C)CN1CCN(C)CC1. The number of nitrogens with one attached hydrogen (secondary N) is 2. The fraction of sp³-hybridized carbons (Fsp3) is 0.789. The zero-order chi connectivity index (χ0) is 18.9. The van der Waals surface area contributed by atoms with E-state index in [1.807, 2.05) is 6.07 Å². The molecule has 0 bridgehead atoms. The summed E-state index contributed by atoms with van der Waals surface area (Å²) in [4.78, 5) is 9.57. The van der Waals surface area contributed by atoms with E-state index in [1.165, 1.54) is 26.2 Å². The third kappa shape index (κ3) is 6.96. The van der Waals surface area contributed by atoms with Crippen molar-refractivity contribution in [1.29, 1.82) is 0 Å². The molecule has 2 N–H and O–H groups in total. The number of hydrogen-bond acceptors (Lipinski definition) is 5. The van der Waals surface area contributed by atoms with E-state index in [2.05, 4.69) is 65.3 Å².